The molecule has 1 saturated heterocycles. The highest BCUT2D eigenvalue weighted by atomic mass is 32.2. The van der Waals surface area contributed by atoms with Crippen molar-refractivity contribution < 1.29 is 9.59 Å². The Bertz CT molecular complexity index is 320. The van der Waals surface area contributed by atoms with Gasteiger partial charge in [-0.1, -0.05) is 20.8 Å². The normalized spacial score (nSPS) is 26.4. The van der Waals surface area contributed by atoms with Crippen LogP contribution >= 0.6 is 11.8 Å². The SMILES string of the molecule is CCC1C(=O)NC(C(C)C)C(=O)N1C(C)CSC. The Morgan fingerprint density at radius 1 is 1.33 bits per heavy atom. The van der Waals surface area contributed by atoms with Crippen molar-refractivity contribution in [3.63, 3.8) is 0 Å². The topological polar surface area (TPSA) is 49.4 Å². The Labute approximate surface area is 114 Å². The molecule has 0 aromatic heterocycles. The standard InChI is InChI=1S/C13H24N2O2S/c1-6-10-12(16)14-11(8(2)3)13(17)15(10)9(4)7-18-5/h8-11H,6-7H2,1-5H3,(H,14,16). The van der Waals surface area contributed by atoms with E-state index >= 15 is 0 Å². The van der Waals surface area contributed by atoms with Crippen LogP contribution in [-0.4, -0.2) is 46.8 Å². The summed E-state index contributed by atoms with van der Waals surface area (Å²) >= 11 is 1.70. The second-order valence-corrected chi connectivity index (χ2v) is 6.11. The van der Waals surface area contributed by atoms with Crippen molar-refractivity contribution in [2.75, 3.05) is 12.0 Å². The fraction of sp³-hybridized carbons (Fsp3) is 0.846. The molecule has 18 heavy (non-hydrogen) atoms. The number of rotatable bonds is 5. The van der Waals surface area contributed by atoms with Crippen LogP contribution in [0.4, 0.5) is 0 Å². The largest absolute Gasteiger partial charge is 0.342 e. The molecule has 0 saturated carbocycles. The lowest BCUT2D eigenvalue weighted by Crippen LogP contribution is -2.66. The maximum atomic E-state index is 12.5. The van der Waals surface area contributed by atoms with Crippen molar-refractivity contribution in [2.45, 2.75) is 52.2 Å². The van der Waals surface area contributed by atoms with E-state index < -0.39 is 0 Å². The predicted octanol–water partition coefficient (Wildman–Crippen LogP) is 1.50. The summed E-state index contributed by atoms with van der Waals surface area (Å²) in [6.45, 7) is 7.90. The van der Waals surface area contributed by atoms with Gasteiger partial charge in [-0.25, -0.2) is 0 Å². The van der Waals surface area contributed by atoms with Gasteiger partial charge in [-0.3, -0.25) is 9.59 Å². The summed E-state index contributed by atoms with van der Waals surface area (Å²) in [7, 11) is 0. The van der Waals surface area contributed by atoms with E-state index in [1.54, 1.807) is 16.7 Å². The molecule has 2 amide bonds. The van der Waals surface area contributed by atoms with Crippen molar-refractivity contribution in [2.24, 2.45) is 5.92 Å². The molecular formula is C13H24N2O2S. The van der Waals surface area contributed by atoms with Crippen molar-refractivity contribution in [1.82, 2.24) is 10.2 Å². The second-order valence-electron chi connectivity index (χ2n) is 5.20. The molecule has 1 heterocycles. The molecule has 0 aromatic rings. The molecule has 3 unspecified atom stereocenters. The van der Waals surface area contributed by atoms with E-state index in [9.17, 15) is 9.59 Å². The Balaban J connectivity index is 2.98. The molecule has 0 aliphatic carbocycles. The molecule has 5 heteroatoms. The van der Waals surface area contributed by atoms with Crippen molar-refractivity contribution in [3.8, 4) is 0 Å². The highest BCUT2D eigenvalue weighted by Crippen LogP contribution is 2.21. The summed E-state index contributed by atoms with van der Waals surface area (Å²) < 4.78 is 0. The number of carbonyl (C=O) groups excluding carboxylic acids is 2. The number of piperazine rings is 1. The van der Waals surface area contributed by atoms with Crippen LogP contribution in [-0.2, 0) is 9.59 Å². The van der Waals surface area contributed by atoms with Gasteiger partial charge in [0.25, 0.3) is 0 Å². The zero-order valence-corrected chi connectivity index (χ0v) is 12.7. The van der Waals surface area contributed by atoms with Gasteiger partial charge in [0.2, 0.25) is 11.8 Å². The summed E-state index contributed by atoms with van der Waals surface area (Å²) in [4.78, 5) is 26.4. The number of hydrogen-bond acceptors (Lipinski definition) is 3. The Kier molecular flexibility index (Phi) is 5.50. The van der Waals surface area contributed by atoms with E-state index in [4.69, 9.17) is 0 Å². The third kappa shape index (κ3) is 2.99. The minimum atomic E-state index is -0.371. The maximum absolute atomic E-state index is 12.5. The zero-order valence-electron chi connectivity index (χ0n) is 11.9. The van der Waals surface area contributed by atoms with E-state index in [0.29, 0.717) is 6.42 Å². The van der Waals surface area contributed by atoms with Gasteiger partial charge in [-0.2, -0.15) is 11.8 Å². The third-order valence-electron chi connectivity index (χ3n) is 3.39. The van der Waals surface area contributed by atoms with Crippen molar-refractivity contribution in [1.29, 1.82) is 0 Å². The molecular weight excluding hydrogens is 248 g/mol. The summed E-state index contributed by atoms with van der Waals surface area (Å²) in [6, 6.07) is -0.580. The van der Waals surface area contributed by atoms with Gasteiger partial charge in [0, 0.05) is 11.8 Å². The summed E-state index contributed by atoms with van der Waals surface area (Å²) in [5, 5.41) is 2.86. The van der Waals surface area contributed by atoms with Gasteiger partial charge in [0.15, 0.2) is 0 Å². The predicted molar refractivity (Wildman–Crippen MR) is 75.5 cm³/mol. The fourth-order valence-corrected chi connectivity index (χ4v) is 3.07. The van der Waals surface area contributed by atoms with Gasteiger partial charge < -0.3 is 10.2 Å². The Hall–Kier alpha value is -0.710. The van der Waals surface area contributed by atoms with E-state index in [1.807, 2.05) is 34.0 Å². The van der Waals surface area contributed by atoms with Gasteiger partial charge in [-0.05, 0) is 25.5 Å². The molecule has 1 aliphatic heterocycles. The minimum Gasteiger partial charge on any atom is -0.342 e. The van der Waals surface area contributed by atoms with E-state index in [1.165, 1.54) is 0 Å². The van der Waals surface area contributed by atoms with E-state index in [0.717, 1.165) is 5.75 Å². The third-order valence-corrected chi connectivity index (χ3v) is 4.21. The van der Waals surface area contributed by atoms with Crippen LogP contribution in [0.15, 0.2) is 0 Å². The van der Waals surface area contributed by atoms with Crippen molar-refractivity contribution in [3.05, 3.63) is 0 Å². The van der Waals surface area contributed by atoms with Crippen LogP contribution in [0.5, 0.6) is 0 Å². The highest BCUT2D eigenvalue weighted by molar-refractivity contribution is 7.98. The first-order valence-corrected chi connectivity index (χ1v) is 7.94. The van der Waals surface area contributed by atoms with Crippen LogP contribution < -0.4 is 5.32 Å². The molecule has 104 valence electrons. The van der Waals surface area contributed by atoms with Crippen LogP contribution in [0.2, 0.25) is 0 Å². The molecule has 0 spiro atoms. The Morgan fingerprint density at radius 3 is 2.39 bits per heavy atom. The van der Waals surface area contributed by atoms with E-state index in [2.05, 4.69) is 5.32 Å². The molecule has 1 fully saturated rings. The van der Waals surface area contributed by atoms with E-state index in [-0.39, 0.29) is 35.9 Å². The maximum Gasteiger partial charge on any atom is 0.246 e. The number of hydrogen-bond donors (Lipinski definition) is 1. The van der Waals surface area contributed by atoms with Gasteiger partial charge in [0.1, 0.15) is 12.1 Å². The first-order valence-electron chi connectivity index (χ1n) is 6.55. The summed E-state index contributed by atoms with van der Waals surface area (Å²) in [5.41, 5.74) is 0. The fourth-order valence-electron chi connectivity index (χ4n) is 2.43. The lowest BCUT2D eigenvalue weighted by atomic mass is 9.96. The number of nitrogens with zero attached hydrogens (tertiary/aromatic N) is 1. The first-order chi connectivity index (χ1) is 8.43. The van der Waals surface area contributed by atoms with Crippen LogP contribution in [0, 0.1) is 5.92 Å². The number of carbonyl (C=O) groups is 2. The highest BCUT2D eigenvalue weighted by Gasteiger charge is 2.42. The minimum absolute atomic E-state index is 0.0104. The summed E-state index contributed by atoms with van der Waals surface area (Å²) in [5.74, 6) is 1.05. The van der Waals surface area contributed by atoms with Crippen molar-refractivity contribution >= 4 is 23.6 Å². The molecule has 0 aromatic carbocycles. The smallest absolute Gasteiger partial charge is 0.246 e. The van der Waals surface area contributed by atoms with Gasteiger partial charge in [-0.15, -0.1) is 0 Å². The van der Waals surface area contributed by atoms with Crippen LogP contribution in [0.25, 0.3) is 0 Å². The molecule has 4 nitrogen and oxygen atoms in total. The quantitative estimate of drug-likeness (QED) is 0.825. The average molecular weight is 272 g/mol. The number of nitrogens with one attached hydrogen (secondary N) is 1. The number of amides is 2. The Morgan fingerprint density at radius 2 is 1.94 bits per heavy atom. The monoisotopic (exact) mass is 272 g/mol. The summed E-state index contributed by atoms with van der Waals surface area (Å²) in [6.07, 6.45) is 2.69. The van der Waals surface area contributed by atoms with Crippen LogP contribution in [0.3, 0.4) is 0 Å². The van der Waals surface area contributed by atoms with Crippen LogP contribution in [0.1, 0.15) is 34.1 Å². The average Bonchev–Trinajstić information content (AvgIpc) is 2.30. The lowest BCUT2D eigenvalue weighted by molar-refractivity contribution is -0.152. The molecule has 1 N–H and O–H groups in total. The molecule has 1 aliphatic rings. The lowest BCUT2D eigenvalue weighted by Gasteiger charge is -2.43. The second kappa shape index (κ2) is 6.45. The van der Waals surface area contributed by atoms with Gasteiger partial charge in [0.05, 0.1) is 0 Å². The zero-order chi connectivity index (χ0) is 13.9. The molecule has 0 radical (unpaired) electrons. The molecule has 1 rings (SSSR count). The number of thioether (sulfide) groups is 1. The molecule has 0 bridgehead atoms. The first kappa shape index (κ1) is 15.3. The molecule has 3 atom stereocenters. The van der Waals surface area contributed by atoms with Gasteiger partial charge >= 0.3 is 0 Å².